The number of fused-ring (bicyclic) bond motifs is 1. The number of aryl methyl sites for hydroxylation is 1. The van der Waals surface area contributed by atoms with Gasteiger partial charge < -0.3 is 10.2 Å². The highest BCUT2D eigenvalue weighted by Gasteiger charge is 2.27. The van der Waals surface area contributed by atoms with Gasteiger partial charge in [0, 0.05) is 49.4 Å². The van der Waals surface area contributed by atoms with E-state index in [0.29, 0.717) is 5.75 Å². The van der Waals surface area contributed by atoms with Crippen LogP contribution in [0.1, 0.15) is 25.1 Å². The molecule has 6 nitrogen and oxygen atoms in total. The quantitative estimate of drug-likeness (QED) is 0.832. The molecule has 25 heavy (non-hydrogen) atoms. The number of nitrogens with zero attached hydrogens (tertiary/aromatic N) is 3. The second kappa shape index (κ2) is 7.31. The molecule has 0 aliphatic carbocycles. The first-order valence-corrected chi connectivity index (χ1v) is 9.29. The number of rotatable bonds is 5. The molecular weight excluding hydrogens is 336 g/mol. The number of thioether (sulfide) groups is 1. The average molecular weight is 358 g/mol. The molecule has 1 atom stereocenters. The van der Waals surface area contributed by atoms with E-state index in [1.54, 1.807) is 10.6 Å². The molecule has 3 rings (SSSR count). The molecule has 0 fully saturated rings. The van der Waals surface area contributed by atoms with Crippen molar-refractivity contribution < 1.29 is 4.79 Å². The average Bonchev–Trinajstić information content (AvgIpc) is 2.98. The summed E-state index contributed by atoms with van der Waals surface area (Å²) in [4.78, 5) is 31.2. The highest BCUT2D eigenvalue weighted by Crippen LogP contribution is 2.32. The molecule has 1 aliphatic heterocycles. The van der Waals surface area contributed by atoms with Crippen molar-refractivity contribution in [3.8, 4) is 0 Å². The van der Waals surface area contributed by atoms with E-state index in [2.05, 4.69) is 10.3 Å². The van der Waals surface area contributed by atoms with E-state index in [-0.39, 0.29) is 23.9 Å². The molecule has 0 saturated heterocycles. The molecule has 1 N–H and O–H groups in total. The Bertz CT molecular complexity index is 830. The van der Waals surface area contributed by atoms with Crippen molar-refractivity contribution in [1.82, 2.24) is 9.55 Å². The van der Waals surface area contributed by atoms with Gasteiger partial charge in [-0.15, -0.1) is 0 Å². The summed E-state index contributed by atoms with van der Waals surface area (Å²) in [5.74, 6) is 0.602. The van der Waals surface area contributed by atoms with Gasteiger partial charge in [-0.3, -0.25) is 14.2 Å². The number of carbonyl (C=O) groups is 1. The van der Waals surface area contributed by atoms with Gasteiger partial charge in [0.25, 0.3) is 5.56 Å². The predicted molar refractivity (Wildman–Crippen MR) is 102 cm³/mol. The fourth-order valence-corrected chi connectivity index (χ4v) is 3.97. The van der Waals surface area contributed by atoms with Crippen LogP contribution in [0.3, 0.4) is 0 Å². The Morgan fingerprint density at radius 3 is 2.72 bits per heavy atom. The van der Waals surface area contributed by atoms with Gasteiger partial charge in [0.1, 0.15) is 0 Å². The minimum absolute atomic E-state index is 0.0695. The number of hydrogen-bond donors (Lipinski definition) is 1. The van der Waals surface area contributed by atoms with Crippen LogP contribution in [0.15, 0.2) is 40.3 Å². The third kappa shape index (κ3) is 3.87. The van der Waals surface area contributed by atoms with Crippen molar-refractivity contribution in [2.45, 2.75) is 31.0 Å². The van der Waals surface area contributed by atoms with E-state index in [1.807, 2.05) is 50.2 Å². The Kier molecular flexibility index (Phi) is 5.13. The van der Waals surface area contributed by atoms with E-state index in [0.717, 1.165) is 28.6 Å². The van der Waals surface area contributed by atoms with Crippen LogP contribution in [0.4, 0.5) is 11.4 Å². The summed E-state index contributed by atoms with van der Waals surface area (Å²) in [7, 11) is 3.94. The maximum Gasteiger partial charge on any atom is 0.254 e. The van der Waals surface area contributed by atoms with E-state index < -0.39 is 0 Å². The van der Waals surface area contributed by atoms with Crippen LogP contribution in [0.2, 0.25) is 0 Å². The van der Waals surface area contributed by atoms with Gasteiger partial charge in [-0.05, 0) is 30.7 Å². The summed E-state index contributed by atoms with van der Waals surface area (Å²) in [6, 6.07) is 9.10. The molecular formula is C18H22N4O2S. The molecule has 7 heteroatoms. The van der Waals surface area contributed by atoms with E-state index in [4.69, 9.17) is 0 Å². The van der Waals surface area contributed by atoms with Gasteiger partial charge >= 0.3 is 0 Å². The van der Waals surface area contributed by atoms with Crippen LogP contribution in [0.25, 0.3) is 0 Å². The predicted octanol–water partition coefficient (Wildman–Crippen LogP) is 2.55. The molecule has 1 aliphatic rings. The zero-order valence-electron chi connectivity index (χ0n) is 14.7. The molecule has 1 amide bonds. The Balaban J connectivity index is 1.68. The van der Waals surface area contributed by atoms with Crippen LogP contribution in [-0.4, -0.2) is 35.3 Å². The molecule has 1 aromatic carbocycles. The van der Waals surface area contributed by atoms with Crippen LogP contribution in [-0.2, 0) is 11.2 Å². The van der Waals surface area contributed by atoms with Crippen molar-refractivity contribution in [3.63, 3.8) is 0 Å². The van der Waals surface area contributed by atoms with Crippen molar-refractivity contribution in [3.05, 3.63) is 46.4 Å². The highest BCUT2D eigenvalue weighted by molar-refractivity contribution is 7.99. The molecule has 132 valence electrons. The van der Waals surface area contributed by atoms with Crippen LogP contribution in [0.5, 0.6) is 0 Å². The molecule has 2 aromatic rings. The monoisotopic (exact) mass is 358 g/mol. The van der Waals surface area contributed by atoms with E-state index >= 15 is 0 Å². The Labute approximate surface area is 151 Å². The zero-order chi connectivity index (χ0) is 18.0. The van der Waals surface area contributed by atoms with Gasteiger partial charge in [-0.1, -0.05) is 18.7 Å². The second-order valence-electron chi connectivity index (χ2n) is 6.25. The summed E-state index contributed by atoms with van der Waals surface area (Å²) >= 11 is 1.54. The van der Waals surface area contributed by atoms with Crippen LogP contribution >= 0.6 is 11.8 Å². The molecule has 0 spiro atoms. The number of amides is 1. The third-order valence-corrected chi connectivity index (χ3v) is 5.29. The summed E-state index contributed by atoms with van der Waals surface area (Å²) in [5, 5.41) is 3.63. The van der Waals surface area contributed by atoms with Crippen LogP contribution < -0.4 is 15.8 Å². The lowest BCUT2D eigenvalue weighted by atomic mass is 10.2. The minimum Gasteiger partial charge on any atom is -0.378 e. The van der Waals surface area contributed by atoms with Crippen molar-refractivity contribution in [2.75, 3.05) is 30.1 Å². The molecule has 0 radical (unpaired) electrons. The zero-order valence-corrected chi connectivity index (χ0v) is 15.5. The van der Waals surface area contributed by atoms with E-state index in [1.165, 1.54) is 11.8 Å². The van der Waals surface area contributed by atoms with Gasteiger partial charge in [-0.25, -0.2) is 4.98 Å². The number of hydrogen-bond acceptors (Lipinski definition) is 5. The molecule has 2 heterocycles. The lowest BCUT2D eigenvalue weighted by Gasteiger charge is -2.15. The fraction of sp³-hybridized carbons (Fsp3) is 0.389. The van der Waals surface area contributed by atoms with Gasteiger partial charge in [0.2, 0.25) is 5.91 Å². The fourth-order valence-electron chi connectivity index (χ4n) is 2.80. The van der Waals surface area contributed by atoms with Gasteiger partial charge in [0.15, 0.2) is 5.16 Å². The van der Waals surface area contributed by atoms with Gasteiger partial charge in [0.05, 0.1) is 6.04 Å². The Morgan fingerprint density at radius 2 is 2.08 bits per heavy atom. The normalized spacial score (nSPS) is 15.7. The maximum atomic E-state index is 12.4. The number of anilines is 2. The first-order chi connectivity index (χ1) is 12.0. The first kappa shape index (κ1) is 17.5. The summed E-state index contributed by atoms with van der Waals surface area (Å²) < 4.78 is 1.65. The second-order valence-corrected chi connectivity index (χ2v) is 7.24. The summed E-state index contributed by atoms with van der Waals surface area (Å²) in [6.45, 7) is 1.98. The van der Waals surface area contributed by atoms with Crippen molar-refractivity contribution >= 4 is 29.0 Å². The number of nitrogens with one attached hydrogen (secondary N) is 1. The molecule has 0 saturated carbocycles. The van der Waals surface area contributed by atoms with Crippen LogP contribution in [0, 0.1) is 0 Å². The lowest BCUT2D eigenvalue weighted by molar-refractivity contribution is -0.116. The standard InChI is InChI=1S/C18H22N4O2S/c1-4-12-9-17(24)22-15(11-25-18(22)20-12)10-16(23)19-13-5-7-14(8-6-13)21(2)3/h5-9,15H,4,10-11H2,1-3H3,(H,19,23). The first-order valence-electron chi connectivity index (χ1n) is 8.30. The van der Waals surface area contributed by atoms with Crippen molar-refractivity contribution in [2.24, 2.45) is 0 Å². The number of benzene rings is 1. The van der Waals surface area contributed by atoms with Gasteiger partial charge in [-0.2, -0.15) is 0 Å². The minimum atomic E-state index is -0.146. The number of aromatic nitrogens is 2. The largest absolute Gasteiger partial charge is 0.378 e. The summed E-state index contributed by atoms with van der Waals surface area (Å²) in [5.41, 5.74) is 2.56. The molecule has 0 bridgehead atoms. The topological polar surface area (TPSA) is 67.2 Å². The smallest absolute Gasteiger partial charge is 0.254 e. The Hall–Kier alpha value is -2.28. The SMILES string of the molecule is CCc1cc(=O)n2c(n1)SCC2CC(=O)Nc1ccc(N(C)C)cc1. The lowest BCUT2D eigenvalue weighted by Crippen LogP contribution is -2.27. The Morgan fingerprint density at radius 1 is 1.36 bits per heavy atom. The molecule has 1 aromatic heterocycles. The maximum absolute atomic E-state index is 12.4. The molecule has 1 unspecified atom stereocenters. The summed E-state index contributed by atoms with van der Waals surface area (Å²) in [6.07, 6.45) is 1.00. The van der Waals surface area contributed by atoms with E-state index in [9.17, 15) is 9.59 Å². The van der Waals surface area contributed by atoms with Crippen molar-refractivity contribution in [1.29, 1.82) is 0 Å². The third-order valence-electron chi connectivity index (χ3n) is 4.19. The highest BCUT2D eigenvalue weighted by atomic mass is 32.2. The number of carbonyl (C=O) groups excluding carboxylic acids is 1.